The van der Waals surface area contributed by atoms with E-state index >= 15 is 0 Å². The maximum atomic E-state index is 9.79. The Balaban J connectivity index is 2.42. The van der Waals surface area contributed by atoms with Gasteiger partial charge in [-0.15, -0.1) is 0 Å². The van der Waals surface area contributed by atoms with Crippen LogP contribution in [-0.4, -0.2) is 30.0 Å². The summed E-state index contributed by atoms with van der Waals surface area (Å²) in [6.45, 7) is 7.15. The highest BCUT2D eigenvalue weighted by Gasteiger charge is 2.43. The molecule has 0 radical (unpaired) electrons. The van der Waals surface area contributed by atoms with Gasteiger partial charge in [-0.05, 0) is 11.8 Å². The van der Waals surface area contributed by atoms with Gasteiger partial charge < -0.3 is 15.6 Å². The second-order valence-corrected chi connectivity index (χ2v) is 4.97. The fourth-order valence-electron chi connectivity index (χ4n) is 1.37. The van der Waals surface area contributed by atoms with Crippen molar-refractivity contribution in [3.05, 3.63) is 0 Å². The number of nitrogens with two attached hydrogens (primary N) is 1. The van der Waals surface area contributed by atoms with Crippen LogP contribution >= 0.6 is 0 Å². The number of hydrogen-bond donors (Lipinski definition) is 2. The van der Waals surface area contributed by atoms with Gasteiger partial charge in [0.15, 0.2) is 0 Å². The summed E-state index contributed by atoms with van der Waals surface area (Å²) in [6.07, 6.45) is 0.826. The van der Waals surface area contributed by atoms with Crippen molar-refractivity contribution in [3.63, 3.8) is 0 Å². The molecule has 0 saturated carbocycles. The van der Waals surface area contributed by atoms with Gasteiger partial charge in [0, 0.05) is 6.04 Å². The average molecular weight is 173 g/mol. The minimum atomic E-state index is -0.757. The number of ether oxygens (including phenoxy) is 1. The number of aliphatic hydroxyl groups is 1. The van der Waals surface area contributed by atoms with Crippen LogP contribution in [0, 0.1) is 5.41 Å². The Morgan fingerprint density at radius 2 is 2.00 bits per heavy atom. The van der Waals surface area contributed by atoms with Gasteiger partial charge in [-0.25, -0.2) is 0 Å². The normalized spacial score (nSPS) is 24.8. The van der Waals surface area contributed by atoms with E-state index in [1.54, 1.807) is 0 Å². The van der Waals surface area contributed by atoms with Crippen molar-refractivity contribution in [1.29, 1.82) is 0 Å². The highest BCUT2D eigenvalue weighted by atomic mass is 16.5. The van der Waals surface area contributed by atoms with Crippen molar-refractivity contribution < 1.29 is 9.84 Å². The van der Waals surface area contributed by atoms with Crippen LogP contribution in [0.5, 0.6) is 0 Å². The van der Waals surface area contributed by atoms with Crippen molar-refractivity contribution in [1.82, 2.24) is 0 Å². The fraction of sp³-hybridized carbons (Fsp3) is 1.00. The van der Waals surface area contributed by atoms with Crippen LogP contribution in [0.1, 0.15) is 27.2 Å². The van der Waals surface area contributed by atoms with Crippen LogP contribution in [0.15, 0.2) is 0 Å². The molecule has 0 bridgehead atoms. The van der Waals surface area contributed by atoms with Crippen LogP contribution in [0.3, 0.4) is 0 Å². The molecular formula is C9H19NO2. The predicted molar refractivity (Wildman–Crippen MR) is 47.8 cm³/mol. The average Bonchev–Trinajstić information content (AvgIpc) is 1.78. The molecule has 0 spiro atoms. The van der Waals surface area contributed by atoms with Crippen LogP contribution in [0.4, 0.5) is 0 Å². The van der Waals surface area contributed by atoms with Gasteiger partial charge >= 0.3 is 0 Å². The fourth-order valence-corrected chi connectivity index (χ4v) is 1.37. The molecule has 0 aromatic carbocycles. The van der Waals surface area contributed by atoms with Crippen LogP contribution < -0.4 is 5.73 Å². The lowest BCUT2D eigenvalue weighted by Crippen LogP contribution is -2.62. The summed E-state index contributed by atoms with van der Waals surface area (Å²) < 4.78 is 4.94. The Hall–Kier alpha value is -0.120. The Bertz CT molecular complexity index is 158. The molecule has 1 fully saturated rings. The third-order valence-corrected chi connectivity index (χ3v) is 2.23. The molecule has 0 amide bonds. The van der Waals surface area contributed by atoms with E-state index in [1.807, 2.05) is 0 Å². The Morgan fingerprint density at radius 1 is 1.50 bits per heavy atom. The molecule has 72 valence electrons. The summed E-state index contributed by atoms with van der Waals surface area (Å²) in [5, 5.41) is 9.79. The van der Waals surface area contributed by atoms with Crippen LogP contribution in [0.2, 0.25) is 0 Å². The quantitative estimate of drug-likeness (QED) is 0.639. The van der Waals surface area contributed by atoms with E-state index < -0.39 is 5.60 Å². The SMILES string of the molecule is CC(C)(C)CC(N)C1(O)COC1. The molecule has 0 aromatic heterocycles. The van der Waals surface area contributed by atoms with E-state index in [2.05, 4.69) is 20.8 Å². The first-order valence-electron chi connectivity index (χ1n) is 4.39. The van der Waals surface area contributed by atoms with Crippen molar-refractivity contribution in [2.45, 2.75) is 38.8 Å². The molecule has 1 aliphatic rings. The number of hydrogen-bond acceptors (Lipinski definition) is 3. The topological polar surface area (TPSA) is 55.5 Å². The first kappa shape index (κ1) is 9.96. The van der Waals surface area contributed by atoms with E-state index in [1.165, 1.54) is 0 Å². The minimum Gasteiger partial charge on any atom is -0.383 e. The Kier molecular flexibility index (Phi) is 2.47. The zero-order chi connectivity index (χ0) is 9.41. The molecular weight excluding hydrogens is 154 g/mol. The van der Waals surface area contributed by atoms with Crippen molar-refractivity contribution >= 4 is 0 Å². The van der Waals surface area contributed by atoms with Gasteiger partial charge in [-0.2, -0.15) is 0 Å². The molecule has 3 heteroatoms. The van der Waals surface area contributed by atoms with Crippen molar-refractivity contribution in [3.8, 4) is 0 Å². The summed E-state index contributed by atoms with van der Waals surface area (Å²) in [4.78, 5) is 0. The molecule has 3 nitrogen and oxygen atoms in total. The zero-order valence-corrected chi connectivity index (χ0v) is 8.13. The summed E-state index contributed by atoms with van der Waals surface area (Å²) in [6, 6.07) is -0.161. The van der Waals surface area contributed by atoms with Gasteiger partial charge in [-0.3, -0.25) is 0 Å². The molecule has 1 atom stereocenters. The number of rotatable bonds is 2. The van der Waals surface area contributed by atoms with Crippen molar-refractivity contribution in [2.75, 3.05) is 13.2 Å². The lowest BCUT2D eigenvalue weighted by Gasteiger charge is -2.42. The second-order valence-electron chi connectivity index (χ2n) is 4.97. The largest absolute Gasteiger partial charge is 0.383 e. The van der Waals surface area contributed by atoms with E-state index in [0.29, 0.717) is 13.2 Å². The molecule has 12 heavy (non-hydrogen) atoms. The highest BCUT2D eigenvalue weighted by molar-refractivity contribution is 4.96. The molecule has 0 aliphatic carbocycles. The zero-order valence-electron chi connectivity index (χ0n) is 8.13. The third-order valence-electron chi connectivity index (χ3n) is 2.23. The molecule has 1 aliphatic heterocycles. The van der Waals surface area contributed by atoms with Gasteiger partial charge in [0.1, 0.15) is 5.60 Å². The molecule has 1 heterocycles. The lowest BCUT2D eigenvalue weighted by atomic mass is 9.80. The highest BCUT2D eigenvalue weighted by Crippen LogP contribution is 2.28. The first-order chi connectivity index (χ1) is 5.33. The summed E-state index contributed by atoms with van der Waals surface area (Å²) >= 11 is 0. The lowest BCUT2D eigenvalue weighted by molar-refractivity contribution is -0.192. The van der Waals surface area contributed by atoms with Gasteiger partial charge in [0.25, 0.3) is 0 Å². The van der Waals surface area contributed by atoms with Gasteiger partial charge in [0.2, 0.25) is 0 Å². The Labute approximate surface area is 73.9 Å². The molecule has 1 saturated heterocycles. The summed E-state index contributed by atoms with van der Waals surface area (Å²) in [5.74, 6) is 0. The van der Waals surface area contributed by atoms with Crippen molar-refractivity contribution in [2.24, 2.45) is 11.1 Å². The van der Waals surface area contributed by atoms with Gasteiger partial charge in [0.05, 0.1) is 13.2 Å². The summed E-state index contributed by atoms with van der Waals surface area (Å²) in [7, 11) is 0. The van der Waals surface area contributed by atoms with Gasteiger partial charge in [-0.1, -0.05) is 20.8 Å². The van der Waals surface area contributed by atoms with E-state index in [-0.39, 0.29) is 11.5 Å². The molecule has 0 aromatic rings. The van der Waals surface area contributed by atoms with Crippen LogP contribution in [0.25, 0.3) is 0 Å². The smallest absolute Gasteiger partial charge is 0.126 e. The molecule has 3 N–H and O–H groups in total. The molecule has 1 rings (SSSR count). The van der Waals surface area contributed by atoms with E-state index in [0.717, 1.165) is 6.42 Å². The van der Waals surface area contributed by atoms with E-state index in [4.69, 9.17) is 10.5 Å². The Morgan fingerprint density at radius 3 is 2.25 bits per heavy atom. The maximum absolute atomic E-state index is 9.79. The van der Waals surface area contributed by atoms with Crippen LogP contribution in [-0.2, 0) is 4.74 Å². The second kappa shape index (κ2) is 2.98. The first-order valence-corrected chi connectivity index (χ1v) is 4.39. The maximum Gasteiger partial charge on any atom is 0.126 e. The summed E-state index contributed by atoms with van der Waals surface area (Å²) in [5.41, 5.74) is 5.28. The minimum absolute atomic E-state index is 0.161. The van der Waals surface area contributed by atoms with E-state index in [9.17, 15) is 5.11 Å². The molecule has 1 unspecified atom stereocenters. The third kappa shape index (κ3) is 2.19. The standard InChI is InChI=1S/C9H19NO2/c1-8(2,3)4-7(10)9(11)5-12-6-9/h7,11H,4-6,10H2,1-3H3. The predicted octanol–water partition coefficient (Wildman–Crippen LogP) is 0.511. The monoisotopic (exact) mass is 173 g/mol.